The summed E-state index contributed by atoms with van der Waals surface area (Å²) in [6.45, 7) is 2.06. The minimum Gasteiger partial charge on any atom is -0.344 e. The van der Waals surface area contributed by atoms with E-state index >= 15 is 0 Å². The zero-order chi connectivity index (χ0) is 10.4. The second kappa shape index (κ2) is 2.96. The lowest BCUT2D eigenvalue weighted by atomic mass is 10.1. The molecule has 1 aromatic heterocycles. The zero-order valence-corrected chi connectivity index (χ0v) is 8.73. The molecule has 0 spiro atoms. The van der Waals surface area contributed by atoms with Crippen molar-refractivity contribution in [2.75, 3.05) is 0 Å². The summed E-state index contributed by atoms with van der Waals surface area (Å²) in [6.07, 6.45) is 5.46. The Labute approximate surface area is 88.5 Å². The highest BCUT2D eigenvalue weighted by atomic mass is 16.1. The third-order valence-electron chi connectivity index (χ3n) is 3.16. The molecule has 1 aliphatic rings. The summed E-state index contributed by atoms with van der Waals surface area (Å²) < 4.78 is 2.26. The number of hydrogen-bond donors (Lipinski definition) is 0. The molecule has 1 aliphatic carbocycles. The lowest BCUT2D eigenvalue weighted by molar-refractivity contribution is 0.112. The molecule has 1 fully saturated rings. The van der Waals surface area contributed by atoms with Gasteiger partial charge in [0.05, 0.1) is 0 Å². The minimum atomic E-state index is 0.628. The molecular formula is C13H13NO. The Balaban J connectivity index is 2.38. The third-order valence-corrected chi connectivity index (χ3v) is 3.16. The second-order valence-corrected chi connectivity index (χ2v) is 4.31. The maximum Gasteiger partial charge on any atom is 0.152 e. The fraction of sp³-hybridized carbons (Fsp3) is 0.308. The first-order valence-electron chi connectivity index (χ1n) is 5.36. The molecule has 0 amide bonds. The molecule has 0 aliphatic heterocycles. The Hall–Kier alpha value is -1.57. The first-order chi connectivity index (χ1) is 7.31. The molecule has 15 heavy (non-hydrogen) atoms. The normalized spacial score (nSPS) is 15.8. The van der Waals surface area contributed by atoms with Crippen molar-refractivity contribution in [2.45, 2.75) is 25.8 Å². The summed E-state index contributed by atoms with van der Waals surface area (Å²) in [5.74, 6) is 0. The van der Waals surface area contributed by atoms with Gasteiger partial charge < -0.3 is 4.57 Å². The SMILES string of the molecule is Cc1cccc2c1c(C=O)cn2C1CC1. The van der Waals surface area contributed by atoms with Gasteiger partial charge in [-0.3, -0.25) is 4.79 Å². The number of aldehydes is 1. The van der Waals surface area contributed by atoms with Gasteiger partial charge in [0.25, 0.3) is 0 Å². The monoisotopic (exact) mass is 199 g/mol. The minimum absolute atomic E-state index is 0.628. The van der Waals surface area contributed by atoms with Crippen molar-refractivity contribution in [3.8, 4) is 0 Å². The fourth-order valence-electron chi connectivity index (χ4n) is 2.27. The Morgan fingerprint density at radius 2 is 2.20 bits per heavy atom. The maximum atomic E-state index is 11.0. The summed E-state index contributed by atoms with van der Waals surface area (Å²) in [7, 11) is 0. The quantitative estimate of drug-likeness (QED) is 0.681. The molecule has 2 heteroatoms. The van der Waals surface area contributed by atoms with Gasteiger partial charge in [-0.2, -0.15) is 0 Å². The van der Waals surface area contributed by atoms with E-state index in [0.29, 0.717) is 6.04 Å². The number of fused-ring (bicyclic) bond motifs is 1. The van der Waals surface area contributed by atoms with Gasteiger partial charge in [-0.25, -0.2) is 0 Å². The van der Waals surface area contributed by atoms with Crippen molar-refractivity contribution in [1.82, 2.24) is 4.57 Å². The highest BCUT2D eigenvalue weighted by Gasteiger charge is 2.25. The molecule has 0 atom stereocenters. The second-order valence-electron chi connectivity index (χ2n) is 4.31. The molecule has 2 aromatic rings. The van der Waals surface area contributed by atoms with Crippen molar-refractivity contribution < 1.29 is 4.79 Å². The molecule has 0 unspecified atom stereocenters. The molecule has 3 rings (SSSR count). The average molecular weight is 199 g/mol. The zero-order valence-electron chi connectivity index (χ0n) is 8.73. The van der Waals surface area contributed by atoms with Gasteiger partial charge >= 0.3 is 0 Å². The van der Waals surface area contributed by atoms with E-state index in [1.54, 1.807) is 0 Å². The highest BCUT2D eigenvalue weighted by molar-refractivity contribution is 5.99. The molecule has 2 nitrogen and oxygen atoms in total. The highest BCUT2D eigenvalue weighted by Crippen LogP contribution is 2.39. The largest absolute Gasteiger partial charge is 0.344 e. The van der Waals surface area contributed by atoms with Crippen LogP contribution in [0.1, 0.15) is 34.8 Å². The lowest BCUT2D eigenvalue weighted by Gasteiger charge is -2.02. The van der Waals surface area contributed by atoms with Crippen LogP contribution in [-0.2, 0) is 0 Å². The summed E-state index contributed by atoms with van der Waals surface area (Å²) in [6, 6.07) is 6.86. The number of nitrogens with zero attached hydrogens (tertiary/aromatic N) is 1. The van der Waals surface area contributed by atoms with Crippen LogP contribution in [0.25, 0.3) is 10.9 Å². The van der Waals surface area contributed by atoms with E-state index in [4.69, 9.17) is 0 Å². The molecule has 76 valence electrons. The smallest absolute Gasteiger partial charge is 0.152 e. The predicted octanol–water partition coefficient (Wildman–Crippen LogP) is 3.10. The average Bonchev–Trinajstić information content (AvgIpc) is 3.00. The Morgan fingerprint density at radius 1 is 1.40 bits per heavy atom. The van der Waals surface area contributed by atoms with E-state index in [1.165, 1.54) is 23.9 Å². The first-order valence-corrected chi connectivity index (χ1v) is 5.36. The number of carbonyl (C=O) groups is 1. The third kappa shape index (κ3) is 1.21. The summed E-state index contributed by atoms with van der Waals surface area (Å²) >= 11 is 0. The number of carbonyl (C=O) groups excluding carboxylic acids is 1. The summed E-state index contributed by atoms with van der Waals surface area (Å²) in [5.41, 5.74) is 3.23. The van der Waals surface area contributed by atoms with Gasteiger partial charge in [0, 0.05) is 28.7 Å². The van der Waals surface area contributed by atoms with Crippen LogP contribution in [-0.4, -0.2) is 10.9 Å². The Kier molecular flexibility index (Phi) is 1.72. The van der Waals surface area contributed by atoms with Crippen LogP contribution in [0.15, 0.2) is 24.4 Å². The lowest BCUT2D eigenvalue weighted by Crippen LogP contribution is -1.90. The number of rotatable bonds is 2. The Morgan fingerprint density at radius 3 is 2.87 bits per heavy atom. The first kappa shape index (κ1) is 8.72. The van der Waals surface area contributed by atoms with Crippen LogP contribution in [0.5, 0.6) is 0 Å². The van der Waals surface area contributed by atoms with Gasteiger partial charge in [0.15, 0.2) is 6.29 Å². The molecule has 0 bridgehead atoms. The van der Waals surface area contributed by atoms with Crippen molar-refractivity contribution >= 4 is 17.2 Å². The van der Waals surface area contributed by atoms with Gasteiger partial charge in [-0.15, -0.1) is 0 Å². The van der Waals surface area contributed by atoms with Crippen LogP contribution in [0, 0.1) is 6.92 Å². The van der Waals surface area contributed by atoms with E-state index in [2.05, 4.69) is 29.7 Å². The number of aryl methyl sites for hydroxylation is 1. The molecule has 0 N–H and O–H groups in total. The van der Waals surface area contributed by atoms with Crippen LogP contribution in [0.2, 0.25) is 0 Å². The molecular weight excluding hydrogens is 186 g/mol. The predicted molar refractivity (Wildman–Crippen MR) is 60.3 cm³/mol. The van der Waals surface area contributed by atoms with E-state index in [-0.39, 0.29) is 0 Å². The van der Waals surface area contributed by atoms with Gasteiger partial charge in [0.1, 0.15) is 0 Å². The number of aromatic nitrogens is 1. The van der Waals surface area contributed by atoms with Crippen LogP contribution < -0.4 is 0 Å². The van der Waals surface area contributed by atoms with Crippen LogP contribution >= 0.6 is 0 Å². The molecule has 1 aromatic carbocycles. The topological polar surface area (TPSA) is 22.0 Å². The molecule has 1 heterocycles. The maximum absolute atomic E-state index is 11.0. The van der Waals surface area contributed by atoms with E-state index in [9.17, 15) is 4.79 Å². The van der Waals surface area contributed by atoms with Crippen molar-refractivity contribution in [3.05, 3.63) is 35.5 Å². The van der Waals surface area contributed by atoms with E-state index < -0.39 is 0 Å². The van der Waals surface area contributed by atoms with Gasteiger partial charge in [-0.05, 0) is 31.4 Å². The van der Waals surface area contributed by atoms with E-state index in [0.717, 1.165) is 17.2 Å². The molecule has 0 radical (unpaired) electrons. The van der Waals surface area contributed by atoms with Crippen LogP contribution in [0.4, 0.5) is 0 Å². The summed E-state index contributed by atoms with van der Waals surface area (Å²) in [5, 5.41) is 1.12. The number of benzene rings is 1. The van der Waals surface area contributed by atoms with E-state index in [1.807, 2.05) is 6.20 Å². The standard InChI is InChI=1S/C13H13NO/c1-9-3-2-4-12-13(9)10(8-15)7-14(12)11-5-6-11/h2-4,7-8,11H,5-6H2,1H3. The van der Waals surface area contributed by atoms with Gasteiger partial charge in [0.2, 0.25) is 0 Å². The van der Waals surface area contributed by atoms with Crippen molar-refractivity contribution in [1.29, 1.82) is 0 Å². The molecule has 1 saturated carbocycles. The van der Waals surface area contributed by atoms with Crippen molar-refractivity contribution in [2.24, 2.45) is 0 Å². The van der Waals surface area contributed by atoms with Crippen LogP contribution in [0.3, 0.4) is 0 Å². The summed E-state index contributed by atoms with van der Waals surface area (Å²) in [4.78, 5) is 11.0. The fourth-order valence-corrected chi connectivity index (χ4v) is 2.27. The Bertz CT molecular complexity index is 535. The molecule has 0 saturated heterocycles. The number of hydrogen-bond acceptors (Lipinski definition) is 1. The van der Waals surface area contributed by atoms with Crippen molar-refractivity contribution in [3.63, 3.8) is 0 Å². The van der Waals surface area contributed by atoms with Gasteiger partial charge in [-0.1, -0.05) is 12.1 Å².